The van der Waals surface area contributed by atoms with E-state index in [2.05, 4.69) is 37.4 Å². The zero-order valence-corrected chi connectivity index (χ0v) is 14.7. The van der Waals surface area contributed by atoms with Crippen LogP contribution < -0.4 is 5.32 Å². The van der Waals surface area contributed by atoms with E-state index in [9.17, 15) is 4.79 Å². The molecule has 2 nitrogen and oxygen atoms in total. The Balaban J connectivity index is 1.86. The van der Waals surface area contributed by atoms with Gasteiger partial charge < -0.3 is 5.32 Å². The third-order valence-electron chi connectivity index (χ3n) is 5.29. The Labute approximate surface area is 145 Å². The molecule has 0 bridgehead atoms. The van der Waals surface area contributed by atoms with Crippen molar-refractivity contribution in [3.05, 3.63) is 65.2 Å². The quantitative estimate of drug-likeness (QED) is 0.732. The van der Waals surface area contributed by atoms with Crippen LogP contribution in [0, 0.1) is 19.8 Å². The number of hydrogen-bond acceptors (Lipinski definition) is 2. The number of hydrogen-bond donors (Lipinski definition) is 1. The molecule has 1 aliphatic carbocycles. The Morgan fingerprint density at radius 1 is 0.958 bits per heavy atom. The van der Waals surface area contributed by atoms with E-state index in [0.717, 1.165) is 24.1 Å². The minimum atomic E-state index is -0.130. The Morgan fingerprint density at radius 3 is 2.33 bits per heavy atom. The molecule has 3 rings (SSSR count). The fourth-order valence-corrected chi connectivity index (χ4v) is 3.66. The first kappa shape index (κ1) is 16.8. The fraction of sp³-hybridized carbons (Fsp3) is 0.409. The maximum absolute atomic E-state index is 13.1. The molecule has 1 unspecified atom stereocenters. The minimum absolute atomic E-state index is 0.130. The highest BCUT2D eigenvalue weighted by Gasteiger charge is 2.30. The molecule has 0 amide bonds. The smallest absolute Gasteiger partial charge is 0.185 e. The minimum Gasteiger partial charge on any atom is -0.375 e. The van der Waals surface area contributed by atoms with Gasteiger partial charge in [-0.2, -0.15) is 0 Å². The van der Waals surface area contributed by atoms with Crippen molar-refractivity contribution in [3.63, 3.8) is 0 Å². The lowest BCUT2D eigenvalue weighted by atomic mass is 9.81. The van der Waals surface area contributed by atoms with Gasteiger partial charge in [-0.05, 0) is 55.9 Å². The van der Waals surface area contributed by atoms with E-state index in [1.165, 1.54) is 30.4 Å². The number of rotatable bonds is 5. The highest BCUT2D eigenvalue weighted by atomic mass is 16.1. The number of carbonyl (C=O) groups excluding carboxylic acids is 1. The first-order chi connectivity index (χ1) is 11.6. The van der Waals surface area contributed by atoms with Crippen molar-refractivity contribution >= 4 is 11.5 Å². The van der Waals surface area contributed by atoms with Gasteiger partial charge >= 0.3 is 0 Å². The summed E-state index contributed by atoms with van der Waals surface area (Å²) in [6.07, 6.45) is 6.05. The van der Waals surface area contributed by atoms with Crippen molar-refractivity contribution in [2.45, 2.75) is 52.0 Å². The fourth-order valence-electron chi connectivity index (χ4n) is 3.66. The van der Waals surface area contributed by atoms with E-state index in [1.54, 1.807) is 0 Å². The third kappa shape index (κ3) is 3.87. The van der Waals surface area contributed by atoms with Crippen molar-refractivity contribution in [1.29, 1.82) is 0 Å². The van der Waals surface area contributed by atoms with Gasteiger partial charge in [0.1, 0.15) is 0 Å². The molecular weight excluding hydrogens is 294 g/mol. The van der Waals surface area contributed by atoms with Crippen molar-refractivity contribution in [2.75, 3.05) is 5.32 Å². The molecule has 0 heterocycles. The summed E-state index contributed by atoms with van der Waals surface area (Å²) in [6, 6.07) is 16.0. The molecule has 1 N–H and O–H groups in total. The molecule has 0 spiro atoms. The highest BCUT2D eigenvalue weighted by molar-refractivity contribution is 6.01. The van der Waals surface area contributed by atoms with Crippen LogP contribution >= 0.6 is 0 Å². The number of ketones is 1. The molecule has 2 heteroatoms. The molecule has 24 heavy (non-hydrogen) atoms. The average molecular weight is 321 g/mol. The number of carbonyl (C=O) groups is 1. The largest absolute Gasteiger partial charge is 0.375 e. The Morgan fingerprint density at radius 2 is 1.67 bits per heavy atom. The van der Waals surface area contributed by atoms with Crippen LogP contribution in [0.15, 0.2) is 48.5 Å². The van der Waals surface area contributed by atoms with E-state index < -0.39 is 0 Å². The monoisotopic (exact) mass is 321 g/mol. The second kappa shape index (κ2) is 7.65. The van der Waals surface area contributed by atoms with Gasteiger partial charge in [0.25, 0.3) is 0 Å². The van der Waals surface area contributed by atoms with Gasteiger partial charge in [0.2, 0.25) is 0 Å². The van der Waals surface area contributed by atoms with Crippen LogP contribution in [-0.4, -0.2) is 11.8 Å². The summed E-state index contributed by atoms with van der Waals surface area (Å²) in [6.45, 7) is 4.24. The van der Waals surface area contributed by atoms with E-state index in [0.29, 0.717) is 5.92 Å². The molecule has 1 saturated carbocycles. The van der Waals surface area contributed by atoms with Crippen LogP contribution in [0.1, 0.15) is 53.6 Å². The molecule has 0 aromatic heterocycles. The molecule has 0 saturated heterocycles. The molecule has 1 atom stereocenters. The first-order valence-corrected chi connectivity index (χ1v) is 9.08. The van der Waals surface area contributed by atoms with Gasteiger partial charge in [-0.3, -0.25) is 4.79 Å². The van der Waals surface area contributed by atoms with Gasteiger partial charge in [-0.25, -0.2) is 0 Å². The molecule has 0 aliphatic heterocycles. The van der Waals surface area contributed by atoms with Crippen LogP contribution in [0.25, 0.3) is 0 Å². The molecular formula is C22H27NO. The summed E-state index contributed by atoms with van der Waals surface area (Å²) in [5.41, 5.74) is 4.40. The van der Waals surface area contributed by atoms with Crippen molar-refractivity contribution < 1.29 is 4.79 Å². The SMILES string of the molecule is Cc1ccc(NC(C(=O)c2ccccc2)C2CCCCC2)cc1C. The lowest BCUT2D eigenvalue weighted by Gasteiger charge is -2.31. The summed E-state index contributed by atoms with van der Waals surface area (Å²) in [5, 5.41) is 3.57. The predicted octanol–water partition coefficient (Wildman–Crippen LogP) is 5.55. The molecule has 0 radical (unpaired) electrons. The second-order valence-electron chi connectivity index (χ2n) is 7.05. The summed E-state index contributed by atoms with van der Waals surface area (Å²) < 4.78 is 0. The van der Waals surface area contributed by atoms with Gasteiger partial charge in [0.15, 0.2) is 5.78 Å². The number of aryl methyl sites for hydroxylation is 2. The predicted molar refractivity (Wildman–Crippen MR) is 101 cm³/mol. The van der Waals surface area contributed by atoms with Crippen LogP contribution in [0.5, 0.6) is 0 Å². The molecule has 1 aliphatic rings. The number of benzene rings is 2. The van der Waals surface area contributed by atoms with Crippen LogP contribution in [0.3, 0.4) is 0 Å². The van der Waals surface area contributed by atoms with Gasteiger partial charge in [-0.1, -0.05) is 55.7 Å². The highest BCUT2D eigenvalue weighted by Crippen LogP contribution is 2.30. The summed E-state index contributed by atoms with van der Waals surface area (Å²) in [7, 11) is 0. The zero-order valence-electron chi connectivity index (χ0n) is 14.7. The molecule has 2 aromatic rings. The van der Waals surface area contributed by atoms with E-state index in [1.807, 2.05) is 30.3 Å². The average Bonchev–Trinajstić information content (AvgIpc) is 2.63. The van der Waals surface area contributed by atoms with Crippen molar-refractivity contribution in [1.82, 2.24) is 0 Å². The van der Waals surface area contributed by atoms with Crippen LogP contribution in [0.2, 0.25) is 0 Å². The first-order valence-electron chi connectivity index (χ1n) is 9.08. The normalized spacial score (nSPS) is 16.6. The molecule has 1 fully saturated rings. The standard InChI is InChI=1S/C22H27NO/c1-16-13-14-20(15-17(16)2)23-21(18-9-5-3-6-10-18)22(24)19-11-7-4-8-12-19/h4,7-8,11-15,18,21,23H,3,5-6,9-10H2,1-2H3. The van der Waals surface area contributed by atoms with Crippen LogP contribution in [0.4, 0.5) is 5.69 Å². The zero-order chi connectivity index (χ0) is 16.9. The Kier molecular flexibility index (Phi) is 5.34. The van der Waals surface area contributed by atoms with E-state index in [4.69, 9.17) is 0 Å². The topological polar surface area (TPSA) is 29.1 Å². The maximum Gasteiger partial charge on any atom is 0.185 e. The van der Waals surface area contributed by atoms with Crippen LogP contribution in [-0.2, 0) is 0 Å². The summed E-state index contributed by atoms with van der Waals surface area (Å²) in [5.74, 6) is 0.647. The second-order valence-corrected chi connectivity index (χ2v) is 7.05. The molecule has 126 valence electrons. The van der Waals surface area contributed by atoms with Gasteiger partial charge in [-0.15, -0.1) is 0 Å². The summed E-state index contributed by atoms with van der Waals surface area (Å²) >= 11 is 0. The molecule has 2 aromatic carbocycles. The Hall–Kier alpha value is -2.09. The van der Waals surface area contributed by atoms with Gasteiger partial charge in [0.05, 0.1) is 6.04 Å². The summed E-state index contributed by atoms with van der Waals surface area (Å²) in [4.78, 5) is 13.1. The van der Waals surface area contributed by atoms with Gasteiger partial charge in [0, 0.05) is 11.3 Å². The lowest BCUT2D eigenvalue weighted by Crippen LogP contribution is -2.38. The third-order valence-corrected chi connectivity index (χ3v) is 5.29. The number of nitrogens with one attached hydrogen (secondary N) is 1. The number of anilines is 1. The van der Waals surface area contributed by atoms with Crippen molar-refractivity contribution in [3.8, 4) is 0 Å². The van der Waals surface area contributed by atoms with E-state index >= 15 is 0 Å². The Bertz CT molecular complexity index is 686. The van der Waals surface area contributed by atoms with Crippen molar-refractivity contribution in [2.24, 2.45) is 5.92 Å². The maximum atomic E-state index is 13.1. The lowest BCUT2D eigenvalue weighted by molar-refractivity contribution is 0.0929. The van der Waals surface area contributed by atoms with E-state index in [-0.39, 0.29) is 11.8 Å². The number of Topliss-reactive ketones (excluding diaryl/α,β-unsaturated/α-hetero) is 1.